The highest BCUT2D eigenvalue weighted by atomic mass is 35.5. The van der Waals surface area contributed by atoms with Gasteiger partial charge in [-0.2, -0.15) is 13.2 Å². The van der Waals surface area contributed by atoms with Crippen LogP contribution in [0.5, 0.6) is 0 Å². The molecule has 1 heterocycles. The number of carbonyl (C=O) groups is 1. The number of ether oxygens (including phenoxy) is 1. The van der Waals surface area contributed by atoms with Crippen molar-refractivity contribution in [3.05, 3.63) is 38.8 Å². The van der Waals surface area contributed by atoms with Crippen LogP contribution < -0.4 is 0 Å². The number of halogens is 4. The molecule has 2 rings (SSSR count). The van der Waals surface area contributed by atoms with Gasteiger partial charge in [-0.05, 0) is 18.4 Å². The molecule has 8 heteroatoms. The van der Waals surface area contributed by atoms with Gasteiger partial charge in [0.25, 0.3) is 0 Å². The number of thiazole rings is 1. The number of esters is 1. The van der Waals surface area contributed by atoms with E-state index in [-0.39, 0.29) is 11.1 Å². The van der Waals surface area contributed by atoms with Gasteiger partial charge in [0.15, 0.2) is 10.2 Å². The minimum atomic E-state index is -4.73. The summed E-state index contributed by atoms with van der Waals surface area (Å²) in [5.41, 5.74) is -0.444. The van der Waals surface area contributed by atoms with Crippen LogP contribution in [-0.4, -0.2) is 17.6 Å². The van der Waals surface area contributed by atoms with E-state index < -0.39 is 22.7 Å². The molecule has 0 spiro atoms. The second-order valence-corrected chi connectivity index (χ2v) is 5.59. The first-order chi connectivity index (χ1) is 9.38. The Morgan fingerprint density at radius 3 is 2.85 bits per heavy atom. The Morgan fingerprint density at radius 1 is 1.50 bits per heavy atom. The van der Waals surface area contributed by atoms with Gasteiger partial charge in [0, 0.05) is 0 Å². The molecule has 1 aliphatic rings. The normalized spacial score (nSPS) is 15.1. The van der Waals surface area contributed by atoms with Crippen molar-refractivity contribution in [1.29, 1.82) is 0 Å². The molecule has 0 bridgehead atoms. The summed E-state index contributed by atoms with van der Waals surface area (Å²) in [7, 11) is 0. The average Bonchev–Trinajstić information content (AvgIpc) is 2.79. The van der Waals surface area contributed by atoms with Gasteiger partial charge in [-0.15, -0.1) is 0 Å². The first-order valence-electron chi connectivity index (χ1n) is 5.63. The zero-order chi connectivity index (χ0) is 14.8. The van der Waals surface area contributed by atoms with E-state index in [4.69, 9.17) is 16.3 Å². The maximum atomic E-state index is 12.7. The minimum Gasteiger partial charge on any atom is -0.457 e. The minimum absolute atomic E-state index is 0.0318. The third kappa shape index (κ3) is 3.61. The monoisotopic (exact) mass is 323 g/mol. The van der Waals surface area contributed by atoms with Crippen molar-refractivity contribution < 1.29 is 22.7 Å². The van der Waals surface area contributed by atoms with E-state index in [2.05, 4.69) is 4.98 Å². The van der Waals surface area contributed by atoms with Crippen molar-refractivity contribution in [1.82, 2.24) is 4.98 Å². The van der Waals surface area contributed by atoms with Crippen LogP contribution in [0, 0.1) is 0 Å². The molecule has 0 aliphatic heterocycles. The van der Waals surface area contributed by atoms with Crippen molar-refractivity contribution in [3.63, 3.8) is 0 Å². The molecule has 1 aromatic heterocycles. The molecule has 0 fully saturated rings. The molecule has 0 saturated heterocycles. The summed E-state index contributed by atoms with van der Waals surface area (Å²) < 4.78 is 42.6. The second-order valence-electron chi connectivity index (χ2n) is 4.01. The Bertz CT molecular complexity index is 578. The molecule has 20 heavy (non-hydrogen) atoms. The summed E-state index contributed by atoms with van der Waals surface area (Å²) in [5, 5.41) is 0. The standard InChI is InChI=1S/C12H9ClF3NO2S/c13-11-17-9(12(14,15)16)8(20-11)10(18)19-6-7-4-2-1-3-5-7/h1-2,4H,3,5-6H2. The number of rotatable bonds is 3. The molecule has 0 aromatic carbocycles. The lowest BCUT2D eigenvalue weighted by molar-refractivity contribution is -0.141. The number of alkyl halides is 3. The summed E-state index contributed by atoms with van der Waals surface area (Å²) in [5.74, 6) is -1.06. The van der Waals surface area contributed by atoms with Crippen LogP contribution in [0.1, 0.15) is 28.2 Å². The van der Waals surface area contributed by atoms with Crippen LogP contribution in [-0.2, 0) is 10.9 Å². The Hall–Kier alpha value is -1.34. The van der Waals surface area contributed by atoms with Gasteiger partial charge in [-0.3, -0.25) is 0 Å². The Kier molecular flexibility index (Phi) is 4.49. The Balaban J connectivity index is 2.09. The first kappa shape index (κ1) is 15.1. The first-order valence-corrected chi connectivity index (χ1v) is 6.82. The van der Waals surface area contributed by atoms with Gasteiger partial charge in [0.2, 0.25) is 0 Å². The number of nitrogens with zero attached hydrogens (tertiary/aromatic N) is 1. The van der Waals surface area contributed by atoms with Gasteiger partial charge in [-0.1, -0.05) is 41.2 Å². The van der Waals surface area contributed by atoms with E-state index in [0.29, 0.717) is 11.3 Å². The van der Waals surface area contributed by atoms with Crippen molar-refractivity contribution in [3.8, 4) is 0 Å². The van der Waals surface area contributed by atoms with Gasteiger partial charge < -0.3 is 4.74 Å². The number of carbonyl (C=O) groups excluding carboxylic acids is 1. The lowest BCUT2D eigenvalue weighted by Gasteiger charge is -2.10. The van der Waals surface area contributed by atoms with E-state index in [1.54, 1.807) is 6.08 Å². The maximum absolute atomic E-state index is 12.7. The van der Waals surface area contributed by atoms with E-state index in [1.165, 1.54) is 0 Å². The molecule has 0 radical (unpaired) electrons. The maximum Gasteiger partial charge on any atom is 0.435 e. The Labute approximate surface area is 121 Å². The summed E-state index contributed by atoms with van der Waals surface area (Å²) in [6.07, 6.45) is 2.36. The van der Waals surface area contributed by atoms with Crippen molar-refractivity contribution >= 4 is 28.9 Å². The number of hydrogen-bond acceptors (Lipinski definition) is 4. The van der Waals surface area contributed by atoms with Crippen molar-refractivity contribution in [2.75, 3.05) is 6.61 Å². The van der Waals surface area contributed by atoms with Crippen LogP contribution in [0.3, 0.4) is 0 Å². The van der Waals surface area contributed by atoms with E-state index >= 15 is 0 Å². The third-order valence-corrected chi connectivity index (χ3v) is 3.68. The zero-order valence-electron chi connectivity index (χ0n) is 10.0. The van der Waals surface area contributed by atoms with E-state index in [1.807, 2.05) is 12.2 Å². The van der Waals surface area contributed by atoms with Gasteiger partial charge in [-0.25, -0.2) is 9.78 Å². The molecule has 0 atom stereocenters. The fourth-order valence-corrected chi connectivity index (χ4v) is 2.64. The zero-order valence-corrected chi connectivity index (χ0v) is 11.6. The van der Waals surface area contributed by atoms with E-state index in [9.17, 15) is 18.0 Å². The van der Waals surface area contributed by atoms with E-state index in [0.717, 1.165) is 18.4 Å². The third-order valence-electron chi connectivity index (χ3n) is 2.54. The van der Waals surface area contributed by atoms with Crippen LogP contribution in [0.2, 0.25) is 4.47 Å². The van der Waals surface area contributed by atoms with Crippen molar-refractivity contribution in [2.45, 2.75) is 19.0 Å². The molecule has 0 unspecified atom stereocenters. The predicted octanol–water partition coefficient (Wildman–Crippen LogP) is 4.25. The highest BCUT2D eigenvalue weighted by Crippen LogP contribution is 2.36. The molecule has 1 aromatic rings. The fourth-order valence-electron chi connectivity index (χ4n) is 1.62. The molecular formula is C12H9ClF3NO2S. The lowest BCUT2D eigenvalue weighted by atomic mass is 10.1. The average molecular weight is 324 g/mol. The molecule has 1 aliphatic carbocycles. The highest BCUT2D eigenvalue weighted by Gasteiger charge is 2.40. The highest BCUT2D eigenvalue weighted by molar-refractivity contribution is 7.17. The van der Waals surface area contributed by atoms with Gasteiger partial charge in [0.05, 0.1) is 0 Å². The Morgan fingerprint density at radius 2 is 2.25 bits per heavy atom. The quantitative estimate of drug-likeness (QED) is 0.781. The van der Waals surface area contributed by atoms with Gasteiger partial charge >= 0.3 is 12.1 Å². The van der Waals surface area contributed by atoms with Crippen molar-refractivity contribution in [2.24, 2.45) is 0 Å². The predicted molar refractivity (Wildman–Crippen MR) is 68.9 cm³/mol. The molecular weight excluding hydrogens is 315 g/mol. The molecule has 3 nitrogen and oxygen atoms in total. The largest absolute Gasteiger partial charge is 0.457 e. The number of aromatic nitrogens is 1. The molecule has 0 amide bonds. The molecule has 0 saturated carbocycles. The second kappa shape index (κ2) is 5.97. The summed E-state index contributed by atoms with van der Waals surface area (Å²) >= 11 is 5.91. The van der Waals surface area contributed by atoms with Crippen LogP contribution in [0.4, 0.5) is 13.2 Å². The lowest BCUT2D eigenvalue weighted by Crippen LogP contribution is -2.14. The number of hydrogen-bond donors (Lipinski definition) is 0. The number of allylic oxidation sites excluding steroid dienone is 3. The smallest absolute Gasteiger partial charge is 0.435 e. The SMILES string of the molecule is O=C(OCC1=CC=CCC1)c1sc(Cl)nc1C(F)(F)F. The summed E-state index contributed by atoms with van der Waals surface area (Å²) in [6, 6.07) is 0. The molecule has 0 N–H and O–H groups in total. The van der Waals surface area contributed by atoms with Gasteiger partial charge in [0.1, 0.15) is 11.5 Å². The van der Waals surface area contributed by atoms with Crippen LogP contribution in [0.25, 0.3) is 0 Å². The fraction of sp³-hybridized carbons (Fsp3) is 0.333. The van der Waals surface area contributed by atoms with Crippen LogP contribution in [0.15, 0.2) is 23.8 Å². The summed E-state index contributed by atoms with van der Waals surface area (Å²) in [4.78, 5) is 14.2. The topological polar surface area (TPSA) is 39.2 Å². The molecule has 108 valence electrons. The summed E-state index contributed by atoms with van der Waals surface area (Å²) in [6.45, 7) is -0.0318. The van der Waals surface area contributed by atoms with Crippen LogP contribution >= 0.6 is 22.9 Å².